The van der Waals surface area contributed by atoms with Crippen LogP contribution in [0.3, 0.4) is 0 Å². The lowest BCUT2D eigenvalue weighted by atomic mass is 10.1. The van der Waals surface area contributed by atoms with Crippen LogP contribution in [0.4, 0.5) is 4.39 Å². The van der Waals surface area contributed by atoms with E-state index in [-0.39, 0.29) is 17.8 Å². The molecule has 2 aromatic carbocycles. The largest absolute Gasteiger partial charge is 0.496 e. The number of nitrogens with one attached hydrogen (secondary N) is 1. The summed E-state index contributed by atoms with van der Waals surface area (Å²) in [7, 11) is 1.59. The molecule has 1 heterocycles. The van der Waals surface area contributed by atoms with Crippen molar-refractivity contribution in [1.29, 1.82) is 0 Å². The normalized spacial score (nSPS) is 12.1. The van der Waals surface area contributed by atoms with Crippen molar-refractivity contribution >= 4 is 23.3 Å². The molecule has 3 rings (SSSR count). The van der Waals surface area contributed by atoms with E-state index in [1.165, 1.54) is 18.2 Å². The minimum atomic E-state index is -0.328. The molecule has 0 bridgehead atoms. The van der Waals surface area contributed by atoms with Crippen LogP contribution in [0.15, 0.2) is 72.1 Å². The maximum atomic E-state index is 13.2. The summed E-state index contributed by atoms with van der Waals surface area (Å²) in [6.07, 6.45) is 3.19. The van der Waals surface area contributed by atoms with Crippen molar-refractivity contribution in [3.8, 4) is 5.75 Å². The van der Waals surface area contributed by atoms with Crippen molar-refractivity contribution in [3.05, 3.63) is 93.9 Å². The van der Waals surface area contributed by atoms with E-state index in [0.717, 1.165) is 16.0 Å². The Kier molecular flexibility index (Phi) is 5.81. The van der Waals surface area contributed by atoms with Gasteiger partial charge >= 0.3 is 0 Å². The number of rotatable bonds is 6. The van der Waals surface area contributed by atoms with Crippen molar-refractivity contribution < 1.29 is 13.9 Å². The van der Waals surface area contributed by atoms with Crippen LogP contribution in [0.25, 0.3) is 6.08 Å². The molecule has 0 saturated heterocycles. The van der Waals surface area contributed by atoms with E-state index < -0.39 is 0 Å². The number of halogens is 1. The van der Waals surface area contributed by atoms with Crippen molar-refractivity contribution in [2.45, 2.75) is 6.04 Å². The summed E-state index contributed by atoms with van der Waals surface area (Å²) in [6.45, 7) is 0. The summed E-state index contributed by atoms with van der Waals surface area (Å²) in [5.41, 5.74) is 1.65. The lowest BCUT2D eigenvalue weighted by Gasteiger charge is -2.17. The van der Waals surface area contributed by atoms with Gasteiger partial charge in [0.25, 0.3) is 0 Å². The molecule has 3 aromatic rings. The number of thiophene rings is 1. The van der Waals surface area contributed by atoms with E-state index in [2.05, 4.69) is 5.32 Å². The zero-order valence-corrected chi connectivity index (χ0v) is 15.0. The molecule has 1 amide bonds. The van der Waals surface area contributed by atoms with Crippen LogP contribution in [0, 0.1) is 5.82 Å². The number of carbonyl (C=O) groups excluding carboxylic acids is 1. The van der Waals surface area contributed by atoms with Gasteiger partial charge < -0.3 is 10.1 Å². The molecule has 5 heteroatoms. The molecule has 132 valence electrons. The number of ether oxygens (including phenoxy) is 1. The smallest absolute Gasteiger partial charge is 0.244 e. The van der Waals surface area contributed by atoms with Crippen molar-refractivity contribution in [1.82, 2.24) is 5.32 Å². The van der Waals surface area contributed by atoms with Crippen LogP contribution < -0.4 is 10.1 Å². The van der Waals surface area contributed by atoms with E-state index >= 15 is 0 Å². The van der Waals surface area contributed by atoms with Gasteiger partial charge in [0.05, 0.1) is 13.2 Å². The molecule has 1 atom stereocenters. The highest BCUT2D eigenvalue weighted by Gasteiger charge is 2.17. The highest BCUT2D eigenvalue weighted by molar-refractivity contribution is 7.10. The van der Waals surface area contributed by atoms with Gasteiger partial charge in [0, 0.05) is 16.5 Å². The standard InChI is InChI=1S/C21H18FNO2S/c1-25-18-6-3-2-5-15(18)10-13-20(24)23-21(19-7-4-14-26-19)16-8-11-17(22)12-9-16/h2-14,21H,1H3,(H,23,24)/b13-10+. The minimum Gasteiger partial charge on any atom is -0.496 e. The Bertz CT molecular complexity index is 889. The van der Waals surface area contributed by atoms with Gasteiger partial charge in [0.2, 0.25) is 5.91 Å². The molecule has 0 aliphatic carbocycles. The Morgan fingerprint density at radius 3 is 2.58 bits per heavy atom. The summed E-state index contributed by atoms with van der Waals surface area (Å²) in [6, 6.07) is 17.2. The van der Waals surface area contributed by atoms with Crippen molar-refractivity contribution in [2.75, 3.05) is 7.11 Å². The second-order valence-corrected chi connectivity index (χ2v) is 6.56. The van der Waals surface area contributed by atoms with Gasteiger partial charge in [0.1, 0.15) is 11.6 Å². The van der Waals surface area contributed by atoms with Gasteiger partial charge in [-0.2, -0.15) is 0 Å². The van der Waals surface area contributed by atoms with Crippen LogP contribution in [0.5, 0.6) is 5.75 Å². The van der Waals surface area contributed by atoms with Gasteiger partial charge in [0.15, 0.2) is 0 Å². The molecule has 0 aliphatic heterocycles. The van der Waals surface area contributed by atoms with E-state index in [0.29, 0.717) is 5.75 Å². The van der Waals surface area contributed by atoms with Gasteiger partial charge in [-0.25, -0.2) is 4.39 Å². The monoisotopic (exact) mass is 367 g/mol. The molecule has 0 radical (unpaired) electrons. The van der Waals surface area contributed by atoms with Gasteiger partial charge in [-0.1, -0.05) is 36.4 Å². The van der Waals surface area contributed by atoms with Gasteiger partial charge in [-0.3, -0.25) is 4.79 Å². The summed E-state index contributed by atoms with van der Waals surface area (Å²) in [4.78, 5) is 13.4. The first-order valence-corrected chi connectivity index (χ1v) is 8.96. The average Bonchev–Trinajstić information content (AvgIpc) is 3.20. The van der Waals surface area contributed by atoms with E-state index in [4.69, 9.17) is 4.74 Å². The Labute approximate surface area is 155 Å². The lowest BCUT2D eigenvalue weighted by molar-refractivity contribution is -0.116. The summed E-state index contributed by atoms with van der Waals surface area (Å²) in [5, 5.41) is 4.93. The number of hydrogen-bond donors (Lipinski definition) is 1. The molecule has 1 N–H and O–H groups in total. The molecule has 0 spiro atoms. The van der Waals surface area contributed by atoms with Crippen molar-refractivity contribution in [2.24, 2.45) is 0 Å². The summed E-state index contributed by atoms with van der Waals surface area (Å²) >= 11 is 1.54. The third-order valence-electron chi connectivity index (χ3n) is 3.87. The second kappa shape index (κ2) is 8.45. The molecular weight excluding hydrogens is 349 g/mol. The van der Waals surface area contributed by atoms with Gasteiger partial charge in [-0.15, -0.1) is 11.3 Å². The highest BCUT2D eigenvalue weighted by atomic mass is 32.1. The molecule has 1 unspecified atom stereocenters. The predicted octanol–water partition coefficient (Wildman–Crippen LogP) is 4.81. The number of benzene rings is 2. The van der Waals surface area contributed by atoms with E-state index in [9.17, 15) is 9.18 Å². The maximum Gasteiger partial charge on any atom is 0.244 e. The fourth-order valence-electron chi connectivity index (χ4n) is 2.59. The third-order valence-corrected chi connectivity index (χ3v) is 4.81. The zero-order chi connectivity index (χ0) is 18.4. The molecule has 3 nitrogen and oxygen atoms in total. The Morgan fingerprint density at radius 1 is 1.12 bits per heavy atom. The lowest BCUT2D eigenvalue weighted by Crippen LogP contribution is -2.27. The zero-order valence-electron chi connectivity index (χ0n) is 14.2. The Hall–Kier alpha value is -2.92. The fraction of sp³-hybridized carbons (Fsp3) is 0.0952. The first-order valence-electron chi connectivity index (χ1n) is 8.08. The fourth-order valence-corrected chi connectivity index (χ4v) is 3.39. The minimum absolute atomic E-state index is 0.237. The Balaban J connectivity index is 1.79. The molecular formula is C21H18FNO2S. The molecule has 1 aromatic heterocycles. The number of carbonyl (C=O) groups is 1. The number of para-hydroxylation sites is 1. The van der Waals surface area contributed by atoms with Crippen molar-refractivity contribution in [3.63, 3.8) is 0 Å². The molecule has 0 aliphatic rings. The summed E-state index contributed by atoms with van der Waals surface area (Å²) < 4.78 is 18.5. The molecule has 0 saturated carbocycles. The predicted molar refractivity (Wildman–Crippen MR) is 103 cm³/mol. The van der Waals surface area contributed by atoms with Crippen LogP contribution in [-0.2, 0) is 4.79 Å². The van der Waals surface area contributed by atoms with Crippen LogP contribution in [0.2, 0.25) is 0 Å². The molecule has 0 fully saturated rings. The summed E-state index contributed by atoms with van der Waals surface area (Å²) in [5.74, 6) is 0.157. The van der Waals surface area contributed by atoms with E-state index in [1.807, 2.05) is 41.8 Å². The SMILES string of the molecule is COc1ccccc1/C=C/C(=O)NC(c1ccc(F)cc1)c1cccs1. The van der Waals surface area contributed by atoms with Gasteiger partial charge in [-0.05, 0) is 41.3 Å². The average molecular weight is 367 g/mol. The Morgan fingerprint density at radius 2 is 1.88 bits per heavy atom. The number of methoxy groups -OCH3 is 1. The topological polar surface area (TPSA) is 38.3 Å². The molecule has 26 heavy (non-hydrogen) atoms. The van der Waals surface area contributed by atoms with Crippen LogP contribution in [0.1, 0.15) is 22.0 Å². The number of amides is 1. The quantitative estimate of drug-likeness (QED) is 0.635. The van der Waals surface area contributed by atoms with E-state index in [1.54, 1.807) is 36.7 Å². The maximum absolute atomic E-state index is 13.2. The highest BCUT2D eigenvalue weighted by Crippen LogP contribution is 2.26. The van der Waals surface area contributed by atoms with Crippen LogP contribution >= 0.6 is 11.3 Å². The van der Waals surface area contributed by atoms with Crippen LogP contribution in [-0.4, -0.2) is 13.0 Å². The third kappa shape index (κ3) is 4.37. The first kappa shape index (κ1) is 17.9. The number of hydrogen-bond acceptors (Lipinski definition) is 3. The first-order chi connectivity index (χ1) is 12.7. The second-order valence-electron chi connectivity index (χ2n) is 5.58.